The minimum atomic E-state index is -0.596. The molecule has 7 fully saturated rings. The second-order valence-electron chi connectivity index (χ2n) is 22.7. The summed E-state index contributed by atoms with van der Waals surface area (Å²) in [5.74, 6) is 5.83. The molecular weight excluding hydrogens is 699 g/mol. The van der Waals surface area contributed by atoms with Gasteiger partial charge in [0.2, 0.25) is 0 Å². The van der Waals surface area contributed by atoms with Crippen molar-refractivity contribution in [1.29, 1.82) is 0 Å². The van der Waals surface area contributed by atoms with Gasteiger partial charge in [0.25, 0.3) is 0 Å². The Hall–Kier alpha value is -1.98. The van der Waals surface area contributed by atoms with Crippen LogP contribution in [0.3, 0.4) is 0 Å². The highest BCUT2D eigenvalue weighted by Gasteiger charge is 2.67. The van der Waals surface area contributed by atoms with Crippen molar-refractivity contribution in [2.75, 3.05) is 13.1 Å². The molecule has 10 rings (SSSR count). The highest BCUT2D eigenvalue weighted by Crippen LogP contribution is 2.71. The predicted molar refractivity (Wildman–Crippen MR) is 234 cm³/mol. The van der Waals surface area contributed by atoms with Crippen molar-refractivity contribution in [3.05, 3.63) is 59.7 Å². The number of aliphatic hydroxyl groups excluding tert-OH is 2. The van der Waals surface area contributed by atoms with E-state index in [4.69, 9.17) is 0 Å². The lowest BCUT2D eigenvalue weighted by Gasteiger charge is -2.60. The lowest BCUT2D eigenvalue weighted by molar-refractivity contribution is -0.180. The normalized spacial score (nSPS) is 44.7. The summed E-state index contributed by atoms with van der Waals surface area (Å²) in [7, 11) is 0. The van der Waals surface area contributed by atoms with Gasteiger partial charge in [-0.2, -0.15) is 0 Å². The molecule has 4 nitrogen and oxygen atoms in total. The molecule has 0 radical (unpaired) electrons. The highest BCUT2D eigenvalue weighted by atomic mass is 16.3. The Morgan fingerprint density at radius 1 is 0.772 bits per heavy atom. The molecule has 16 unspecified atom stereocenters. The largest absolute Gasteiger partial charge is 0.393 e. The summed E-state index contributed by atoms with van der Waals surface area (Å²) >= 11 is 0. The highest BCUT2D eigenvalue weighted by molar-refractivity contribution is 5.98. The number of aliphatic hydroxyl groups is 3. The van der Waals surface area contributed by atoms with E-state index in [1.54, 1.807) is 11.1 Å². The van der Waals surface area contributed by atoms with Crippen molar-refractivity contribution in [1.82, 2.24) is 4.90 Å². The van der Waals surface area contributed by atoms with Gasteiger partial charge in [0.15, 0.2) is 0 Å². The van der Waals surface area contributed by atoms with E-state index in [-0.39, 0.29) is 29.0 Å². The molecule has 3 aromatic carbocycles. The third-order valence-electron chi connectivity index (χ3n) is 19.3. The third-order valence-corrected chi connectivity index (χ3v) is 19.3. The van der Waals surface area contributed by atoms with E-state index in [0.29, 0.717) is 53.4 Å². The van der Waals surface area contributed by atoms with Crippen LogP contribution in [0, 0.1) is 70.0 Å². The fourth-order valence-corrected chi connectivity index (χ4v) is 16.8. The summed E-state index contributed by atoms with van der Waals surface area (Å²) < 4.78 is 0. The molecule has 5 aliphatic carbocycles. The van der Waals surface area contributed by atoms with E-state index in [0.717, 1.165) is 70.3 Å². The van der Waals surface area contributed by atoms with Crippen molar-refractivity contribution in [3.63, 3.8) is 0 Å². The first kappa shape index (κ1) is 39.2. The minimum absolute atomic E-state index is 0.0136. The van der Waals surface area contributed by atoms with E-state index in [2.05, 4.69) is 88.0 Å². The number of benzene rings is 3. The van der Waals surface area contributed by atoms with E-state index in [1.165, 1.54) is 73.0 Å². The number of nitrogens with zero attached hydrogens (tertiary/aromatic N) is 1. The molecule has 5 saturated carbocycles. The fraction of sp³-hybridized carbons (Fsp3) is 0.736. The lowest BCUT2D eigenvalue weighted by atomic mass is 9.46. The summed E-state index contributed by atoms with van der Waals surface area (Å²) in [5, 5.41) is 41.9. The van der Waals surface area contributed by atoms with Crippen molar-refractivity contribution >= 4 is 21.5 Å². The van der Waals surface area contributed by atoms with Gasteiger partial charge >= 0.3 is 0 Å². The van der Waals surface area contributed by atoms with Gasteiger partial charge in [0.05, 0.1) is 17.8 Å². The van der Waals surface area contributed by atoms with Gasteiger partial charge in [-0.3, -0.25) is 4.90 Å². The molecule has 2 saturated heterocycles. The van der Waals surface area contributed by atoms with E-state index >= 15 is 0 Å². The Bertz CT molecular complexity index is 1950. The number of piperidine rings is 2. The first-order chi connectivity index (χ1) is 27.4. The molecule has 2 heterocycles. The Morgan fingerprint density at radius 3 is 2.28 bits per heavy atom. The van der Waals surface area contributed by atoms with Crippen LogP contribution >= 0.6 is 0 Å². The zero-order valence-electron chi connectivity index (χ0n) is 36.1. The van der Waals surface area contributed by atoms with Gasteiger partial charge in [-0.15, -0.1) is 0 Å². The molecule has 2 aliphatic heterocycles. The van der Waals surface area contributed by atoms with Crippen molar-refractivity contribution in [2.45, 2.75) is 161 Å². The van der Waals surface area contributed by atoms with Crippen LogP contribution in [0.25, 0.3) is 21.5 Å². The molecule has 16 atom stereocenters. The maximum Gasteiger partial charge on any atom is 0.0805 e. The lowest BCUT2D eigenvalue weighted by Crippen LogP contribution is -2.67. The molecule has 0 aromatic heterocycles. The van der Waals surface area contributed by atoms with Gasteiger partial charge in [0.1, 0.15) is 0 Å². The van der Waals surface area contributed by atoms with Gasteiger partial charge in [-0.1, -0.05) is 76.9 Å². The fourth-order valence-electron chi connectivity index (χ4n) is 16.8. The maximum absolute atomic E-state index is 12.3. The molecule has 310 valence electrons. The van der Waals surface area contributed by atoms with Gasteiger partial charge in [-0.25, -0.2) is 0 Å². The van der Waals surface area contributed by atoms with E-state index in [1.807, 2.05) is 0 Å². The summed E-state index contributed by atoms with van der Waals surface area (Å²) in [5.41, 5.74) is 2.57. The zero-order chi connectivity index (χ0) is 39.4. The van der Waals surface area contributed by atoms with E-state index < -0.39 is 5.60 Å². The van der Waals surface area contributed by atoms with Gasteiger partial charge in [0, 0.05) is 19.1 Å². The number of rotatable bonds is 7. The van der Waals surface area contributed by atoms with Crippen LogP contribution in [-0.2, 0) is 12.8 Å². The van der Waals surface area contributed by atoms with Crippen LogP contribution in [0.1, 0.15) is 136 Å². The second-order valence-corrected chi connectivity index (χ2v) is 22.7. The predicted octanol–water partition coefficient (Wildman–Crippen LogP) is 11.0. The third kappa shape index (κ3) is 6.50. The summed E-state index contributed by atoms with van der Waals surface area (Å²) in [6.07, 6.45) is 17.8. The SMILES string of the molecule is CCCC(C)Cc1cc2cc3ccccc3cc2cc1CCC1CCC2(C1)CC1(C)C(CC2O)C(O)CC2C3CCC4C(CN5CC(C)CCC5C4(C)O)C3CC21. The monoisotopic (exact) mass is 774 g/mol. The molecule has 4 heteroatoms. The van der Waals surface area contributed by atoms with Crippen LogP contribution in [0.15, 0.2) is 48.5 Å². The maximum atomic E-state index is 12.3. The topological polar surface area (TPSA) is 63.9 Å². The Balaban J connectivity index is 0.881. The average Bonchev–Trinajstić information content (AvgIpc) is 3.76. The molecule has 0 bridgehead atoms. The zero-order valence-corrected chi connectivity index (χ0v) is 36.1. The van der Waals surface area contributed by atoms with E-state index in [9.17, 15) is 15.3 Å². The first-order valence-electron chi connectivity index (χ1n) is 24.1. The van der Waals surface area contributed by atoms with Gasteiger partial charge < -0.3 is 15.3 Å². The van der Waals surface area contributed by atoms with Gasteiger partial charge in [-0.05, 0) is 212 Å². The quantitative estimate of drug-likeness (QED) is 0.209. The molecule has 1 spiro atoms. The first-order valence-corrected chi connectivity index (χ1v) is 24.1. The van der Waals surface area contributed by atoms with Crippen LogP contribution in [-0.4, -0.2) is 57.2 Å². The smallest absolute Gasteiger partial charge is 0.0805 e. The average molecular weight is 774 g/mol. The second kappa shape index (κ2) is 14.6. The molecule has 57 heavy (non-hydrogen) atoms. The summed E-state index contributed by atoms with van der Waals surface area (Å²) in [4.78, 5) is 2.72. The van der Waals surface area contributed by atoms with Crippen molar-refractivity contribution in [3.8, 4) is 0 Å². The molecule has 7 aliphatic rings. The van der Waals surface area contributed by atoms with Crippen LogP contribution in [0.5, 0.6) is 0 Å². The Labute approximate surface area is 344 Å². The number of fused-ring (bicyclic) bond motifs is 10. The summed E-state index contributed by atoms with van der Waals surface area (Å²) in [6, 6.07) is 19.0. The van der Waals surface area contributed by atoms with Crippen LogP contribution in [0.4, 0.5) is 0 Å². The standard InChI is InChI=1S/C53H75NO3/c1-6-9-32(2)20-38-24-40-22-36-11-8-7-10-35(36)21-39(40)23-37(38)14-13-34-18-19-53(28-34)31-51(4)46-25-42-41(43(46)26-48(55)47(51)27-50(53)56)15-16-45-44(42)30-54-29-33(3)12-17-49(54)52(45,5)57/h7-8,10-11,21-24,32-34,41-50,55-57H,6,9,12-20,25-31H2,1-5H3. The Kier molecular flexibility index (Phi) is 10.0. The number of aryl methyl sites for hydroxylation is 1. The minimum Gasteiger partial charge on any atom is -0.393 e. The number of hydrogen-bond donors (Lipinski definition) is 3. The number of hydrogen-bond acceptors (Lipinski definition) is 4. The van der Waals surface area contributed by atoms with Crippen molar-refractivity contribution in [2.24, 2.45) is 70.0 Å². The molecule has 3 N–H and O–H groups in total. The van der Waals surface area contributed by atoms with Crippen LogP contribution in [0.2, 0.25) is 0 Å². The van der Waals surface area contributed by atoms with Crippen molar-refractivity contribution < 1.29 is 15.3 Å². The Morgan fingerprint density at radius 2 is 1.53 bits per heavy atom. The summed E-state index contributed by atoms with van der Waals surface area (Å²) in [6.45, 7) is 14.3. The molecule has 0 amide bonds. The van der Waals surface area contributed by atoms with Crippen LogP contribution < -0.4 is 0 Å². The molecule has 3 aromatic rings. The molecular formula is C53H75NO3.